The standard InChI is InChI=1S/C27H35N3O4/c1-2-3-16-29-17-19-33-24-13-5-4-10-22(24)11-6-8-14-27(26(29)32)21-30(18-20-34-27)25(31)23-12-7-9-15-28-23/h4-5,7,9-10,12-13,15H,2-3,6,8,11,14,16-21H2,1H3. The predicted molar refractivity (Wildman–Crippen MR) is 130 cm³/mol. The molecular formula is C27H35N3O4. The van der Waals surface area contributed by atoms with Gasteiger partial charge in [-0.2, -0.15) is 0 Å². The number of carbonyl (C=O) groups is 2. The summed E-state index contributed by atoms with van der Waals surface area (Å²) in [6, 6.07) is 13.5. The summed E-state index contributed by atoms with van der Waals surface area (Å²) in [4.78, 5) is 35.0. The Morgan fingerprint density at radius 3 is 2.76 bits per heavy atom. The lowest BCUT2D eigenvalue weighted by atomic mass is 9.90. The highest BCUT2D eigenvalue weighted by molar-refractivity contribution is 5.93. The van der Waals surface area contributed by atoms with E-state index in [4.69, 9.17) is 9.47 Å². The van der Waals surface area contributed by atoms with Gasteiger partial charge in [0.15, 0.2) is 5.60 Å². The molecule has 0 bridgehead atoms. The third-order valence-electron chi connectivity index (χ3n) is 6.68. The maximum absolute atomic E-state index is 14.0. The van der Waals surface area contributed by atoms with E-state index in [-0.39, 0.29) is 18.4 Å². The van der Waals surface area contributed by atoms with Gasteiger partial charge < -0.3 is 19.3 Å². The number of aryl methyl sites for hydroxylation is 1. The number of pyridine rings is 1. The van der Waals surface area contributed by atoms with Crippen molar-refractivity contribution in [3.05, 3.63) is 59.9 Å². The van der Waals surface area contributed by atoms with Crippen molar-refractivity contribution in [2.75, 3.05) is 39.4 Å². The maximum Gasteiger partial charge on any atom is 0.272 e. The third kappa shape index (κ3) is 5.58. The van der Waals surface area contributed by atoms with Crippen LogP contribution in [0.15, 0.2) is 48.7 Å². The van der Waals surface area contributed by atoms with E-state index in [1.807, 2.05) is 29.2 Å². The Balaban J connectivity index is 1.58. The first kappa shape index (κ1) is 24.2. The monoisotopic (exact) mass is 465 g/mol. The minimum Gasteiger partial charge on any atom is -0.491 e. The fourth-order valence-electron chi connectivity index (χ4n) is 4.79. The summed E-state index contributed by atoms with van der Waals surface area (Å²) in [7, 11) is 0. The average molecular weight is 466 g/mol. The number of rotatable bonds is 4. The van der Waals surface area contributed by atoms with Gasteiger partial charge in [-0.3, -0.25) is 14.6 Å². The minimum atomic E-state index is -1.03. The summed E-state index contributed by atoms with van der Waals surface area (Å²) in [6.45, 7) is 4.74. The zero-order chi connectivity index (χ0) is 23.8. The van der Waals surface area contributed by atoms with Gasteiger partial charge in [0.1, 0.15) is 18.1 Å². The predicted octanol–water partition coefficient (Wildman–Crippen LogP) is 3.73. The molecule has 2 aromatic rings. The normalized spacial score (nSPS) is 21.9. The van der Waals surface area contributed by atoms with E-state index >= 15 is 0 Å². The van der Waals surface area contributed by atoms with Crippen molar-refractivity contribution >= 4 is 11.8 Å². The van der Waals surface area contributed by atoms with E-state index in [1.54, 1.807) is 23.2 Å². The second-order valence-electron chi connectivity index (χ2n) is 9.09. The Hall–Kier alpha value is -2.93. The highest BCUT2D eigenvalue weighted by atomic mass is 16.5. The topological polar surface area (TPSA) is 72.0 Å². The number of carbonyl (C=O) groups excluding carboxylic acids is 2. The fraction of sp³-hybridized carbons (Fsp3) is 0.519. The Morgan fingerprint density at radius 1 is 1.09 bits per heavy atom. The zero-order valence-electron chi connectivity index (χ0n) is 20.1. The molecule has 1 spiro atoms. The molecule has 0 aliphatic carbocycles. The molecule has 1 atom stereocenters. The van der Waals surface area contributed by atoms with Crippen molar-refractivity contribution < 1.29 is 19.1 Å². The van der Waals surface area contributed by atoms with Crippen molar-refractivity contribution in [1.82, 2.24) is 14.8 Å². The molecule has 1 saturated heterocycles. The van der Waals surface area contributed by atoms with Gasteiger partial charge in [-0.15, -0.1) is 0 Å². The Morgan fingerprint density at radius 2 is 1.94 bits per heavy atom. The number of hydrogen-bond donors (Lipinski definition) is 0. The molecule has 4 rings (SSSR count). The van der Waals surface area contributed by atoms with Gasteiger partial charge in [-0.05, 0) is 55.9 Å². The highest BCUT2D eigenvalue weighted by Crippen LogP contribution is 2.30. The zero-order valence-corrected chi connectivity index (χ0v) is 20.1. The number of benzene rings is 1. The minimum absolute atomic E-state index is 0.0306. The molecule has 182 valence electrons. The van der Waals surface area contributed by atoms with Crippen LogP contribution in [0.2, 0.25) is 0 Å². The van der Waals surface area contributed by atoms with Crippen LogP contribution in [0.25, 0.3) is 0 Å². The summed E-state index contributed by atoms with van der Waals surface area (Å²) in [5.41, 5.74) is 0.558. The van der Waals surface area contributed by atoms with E-state index in [1.165, 1.54) is 5.56 Å². The molecule has 0 N–H and O–H groups in total. The summed E-state index contributed by atoms with van der Waals surface area (Å²) >= 11 is 0. The largest absolute Gasteiger partial charge is 0.491 e. The van der Waals surface area contributed by atoms with Crippen molar-refractivity contribution in [3.8, 4) is 5.75 Å². The number of morpholine rings is 1. The van der Waals surface area contributed by atoms with Crippen molar-refractivity contribution in [2.24, 2.45) is 0 Å². The molecule has 1 aromatic carbocycles. The van der Waals surface area contributed by atoms with E-state index in [0.717, 1.165) is 37.9 Å². The highest BCUT2D eigenvalue weighted by Gasteiger charge is 2.46. The lowest BCUT2D eigenvalue weighted by molar-refractivity contribution is -0.170. The van der Waals surface area contributed by atoms with E-state index in [9.17, 15) is 9.59 Å². The quantitative estimate of drug-likeness (QED) is 0.688. The van der Waals surface area contributed by atoms with Crippen molar-refractivity contribution in [1.29, 1.82) is 0 Å². The molecule has 2 aliphatic heterocycles. The SMILES string of the molecule is CCCCN1CCOc2ccccc2CCCCC2(CN(C(=O)c3ccccn3)CCO2)C1=O. The number of fused-ring (bicyclic) bond motifs is 1. The molecule has 2 aliphatic rings. The molecule has 3 heterocycles. The molecule has 1 fully saturated rings. The van der Waals surface area contributed by atoms with E-state index in [2.05, 4.69) is 18.0 Å². The molecule has 7 heteroatoms. The van der Waals surface area contributed by atoms with E-state index < -0.39 is 5.60 Å². The molecule has 1 unspecified atom stereocenters. The molecule has 1 aromatic heterocycles. The Labute approximate surface area is 202 Å². The van der Waals surface area contributed by atoms with E-state index in [0.29, 0.717) is 45.0 Å². The van der Waals surface area contributed by atoms with Crippen LogP contribution in [0.3, 0.4) is 0 Å². The van der Waals surface area contributed by atoms with Crippen LogP contribution in [0, 0.1) is 0 Å². The van der Waals surface area contributed by atoms with Crippen LogP contribution >= 0.6 is 0 Å². The second-order valence-corrected chi connectivity index (χ2v) is 9.09. The average Bonchev–Trinajstić information content (AvgIpc) is 2.88. The molecule has 34 heavy (non-hydrogen) atoms. The van der Waals surface area contributed by atoms with Crippen LogP contribution in [-0.2, 0) is 16.0 Å². The number of hydrogen-bond acceptors (Lipinski definition) is 5. The first-order valence-electron chi connectivity index (χ1n) is 12.5. The maximum atomic E-state index is 14.0. The summed E-state index contributed by atoms with van der Waals surface area (Å²) in [6.07, 6.45) is 6.74. The lowest BCUT2D eigenvalue weighted by Crippen LogP contribution is -2.62. The van der Waals surface area contributed by atoms with Gasteiger partial charge in [0.05, 0.1) is 19.7 Å². The van der Waals surface area contributed by atoms with Crippen LogP contribution < -0.4 is 4.74 Å². The number of para-hydroxylation sites is 1. The molecule has 0 saturated carbocycles. The van der Waals surface area contributed by atoms with Crippen LogP contribution in [-0.4, -0.2) is 71.6 Å². The smallest absolute Gasteiger partial charge is 0.272 e. The lowest BCUT2D eigenvalue weighted by Gasteiger charge is -2.44. The summed E-state index contributed by atoms with van der Waals surface area (Å²) in [5.74, 6) is 0.721. The van der Waals surface area contributed by atoms with Crippen molar-refractivity contribution in [3.63, 3.8) is 0 Å². The van der Waals surface area contributed by atoms with Crippen LogP contribution in [0.5, 0.6) is 5.75 Å². The summed E-state index contributed by atoms with van der Waals surface area (Å²) in [5, 5.41) is 0. The van der Waals surface area contributed by atoms with Crippen molar-refractivity contribution in [2.45, 2.75) is 51.0 Å². The van der Waals surface area contributed by atoms with Gasteiger partial charge in [0.2, 0.25) is 0 Å². The number of unbranched alkanes of at least 4 members (excludes halogenated alkanes) is 1. The van der Waals surface area contributed by atoms with Gasteiger partial charge >= 0.3 is 0 Å². The summed E-state index contributed by atoms with van der Waals surface area (Å²) < 4.78 is 12.4. The molecule has 0 radical (unpaired) electrons. The Bertz CT molecular complexity index is 967. The van der Waals surface area contributed by atoms with Crippen LogP contribution in [0.1, 0.15) is 55.1 Å². The number of ether oxygens (including phenoxy) is 2. The molecule has 7 nitrogen and oxygen atoms in total. The number of aromatic nitrogens is 1. The van der Waals surface area contributed by atoms with Gasteiger partial charge in [0, 0.05) is 19.3 Å². The first-order valence-corrected chi connectivity index (χ1v) is 12.5. The second kappa shape index (κ2) is 11.5. The molecular weight excluding hydrogens is 430 g/mol. The number of amides is 2. The third-order valence-corrected chi connectivity index (χ3v) is 6.68. The van der Waals surface area contributed by atoms with Crippen LogP contribution in [0.4, 0.5) is 0 Å². The van der Waals surface area contributed by atoms with Gasteiger partial charge in [-0.25, -0.2) is 0 Å². The van der Waals surface area contributed by atoms with Gasteiger partial charge in [-0.1, -0.05) is 37.6 Å². The van der Waals surface area contributed by atoms with Gasteiger partial charge in [0.25, 0.3) is 11.8 Å². The Kier molecular flexibility index (Phi) is 8.16. The first-order chi connectivity index (χ1) is 16.6. The molecule has 2 amide bonds. The number of nitrogens with zero attached hydrogens (tertiary/aromatic N) is 3. The fourth-order valence-corrected chi connectivity index (χ4v) is 4.79.